The number of nitrogens with one attached hydrogen (secondary N) is 1. The maximum Gasteiger partial charge on any atom is 0.320 e. The number of aryl methyl sites for hydroxylation is 1. The first-order valence-corrected chi connectivity index (χ1v) is 8.33. The first-order chi connectivity index (χ1) is 12.0. The van der Waals surface area contributed by atoms with Crippen LogP contribution in [0.15, 0.2) is 30.5 Å². The second kappa shape index (κ2) is 7.43. The van der Waals surface area contributed by atoms with E-state index in [1.165, 1.54) is 36.6 Å². The fraction of sp³-hybridized carbons (Fsp3) is 0.412. The van der Waals surface area contributed by atoms with Crippen molar-refractivity contribution in [3.63, 3.8) is 0 Å². The molecule has 1 amide bonds. The molecule has 3 rings (SSSR count). The van der Waals surface area contributed by atoms with Crippen molar-refractivity contribution in [1.82, 2.24) is 14.7 Å². The van der Waals surface area contributed by atoms with Crippen LogP contribution in [0.4, 0.5) is 11.4 Å². The fourth-order valence-electron chi connectivity index (χ4n) is 3.08. The highest BCUT2D eigenvalue weighted by Gasteiger charge is 2.25. The van der Waals surface area contributed by atoms with Crippen LogP contribution in [0.1, 0.15) is 35.3 Å². The van der Waals surface area contributed by atoms with Crippen molar-refractivity contribution in [3.8, 4) is 0 Å². The molecule has 0 saturated carbocycles. The van der Waals surface area contributed by atoms with Gasteiger partial charge < -0.3 is 5.32 Å². The Bertz CT molecular complexity index is 763. The largest absolute Gasteiger partial charge is 0.320 e. The molecule has 1 saturated heterocycles. The van der Waals surface area contributed by atoms with E-state index in [2.05, 4.69) is 15.3 Å². The number of piperidine rings is 1. The zero-order valence-electron chi connectivity index (χ0n) is 14.1. The number of rotatable bonds is 5. The van der Waals surface area contributed by atoms with Crippen molar-refractivity contribution >= 4 is 17.3 Å². The molecule has 2 aromatic rings. The third-order valence-corrected chi connectivity index (χ3v) is 4.40. The Hall–Kier alpha value is -2.74. The third-order valence-electron chi connectivity index (χ3n) is 4.40. The molecule has 1 aromatic heterocycles. The standard InChI is InChI=1S/C17H21N5O3/c1-20-16(15(11-18-20)22(24)25)17(23)19-14-7-5-13(6-8-14)12-21-9-3-2-4-10-21/h5-8,11H,2-4,9-10,12H2,1H3,(H,19,23). The lowest BCUT2D eigenvalue weighted by molar-refractivity contribution is -0.385. The number of nitro groups is 1. The van der Waals surface area contributed by atoms with Gasteiger partial charge in [-0.05, 0) is 43.6 Å². The van der Waals surface area contributed by atoms with Gasteiger partial charge in [0.1, 0.15) is 6.20 Å². The molecule has 1 aliphatic heterocycles. The molecule has 25 heavy (non-hydrogen) atoms. The summed E-state index contributed by atoms with van der Waals surface area (Å²) >= 11 is 0. The van der Waals surface area contributed by atoms with Crippen molar-refractivity contribution in [2.24, 2.45) is 7.05 Å². The van der Waals surface area contributed by atoms with E-state index in [1.54, 1.807) is 0 Å². The molecule has 0 bridgehead atoms. The van der Waals surface area contributed by atoms with E-state index in [0.717, 1.165) is 25.8 Å². The van der Waals surface area contributed by atoms with E-state index in [0.29, 0.717) is 5.69 Å². The van der Waals surface area contributed by atoms with Crippen LogP contribution in [0, 0.1) is 10.1 Å². The second-order valence-corrected chi connectivity index (χ2v) is 6.25. The summed E-state index contributed by atoms with van der Waals surface area (Å²) in [5.74, 6) is -0.546. The van der Waals surface area contributed by atoms with E-state index in [9.17, 15) is 14.9 Å². The van der Waals surface area contributed by atoms with Gasteiger partial charge in [-0.2, -0.15) is 5.10 Å². The molecule has 1 fully saturated rings. The number of aromatic nitrogens is 2. The summed E-state index contributed by atoms with van der Waals surface area (Å²) < 4.78 is 1.21. The number of likely N-dealkylation sites (tertiary alicyclic amines) is 1. The minimum absolute atomic E-state index is 0.0672. The van der Waals surface area contributed by atoms with Crippen molar-refractivity contribution in [3.05, 3.63) is 51.8 Å². The Balaban J connectivity index is 1.66. The highest BCUT2D eigenvalue weighted by atomic mass is 16.6. The second-order valence-electron chi connectivity index (χ2n) is 6.25. The average molecular weight is 343 g/mol. The van der Waals surface area contributed by atoms with E-state index in [4.69, 9.17) is 0 Å². The van der Waals surface area contributed by atoms with E-state index in [-0.39, 0.29) is 11.4 Å². The molecule has 1 aromatic carbocycles. The fourth-order valence-corrected chi connectivity index (χ4v) is 3.08. The quantitative estimate of drug-likeness (QED) is 0.665. The summed E-state index contributed by atoms with van der Waals surface area (Å²) in [6.07, 6.45) is 4.88. The molecule has 2 heterocycles. The van der Waals surface area contributed by atoms with Crippen LogP contribution in [0.25, 0.3) is 0 Å². The molecule has 8 nitrogen and oxygen atoms in total. The zero-order valence-corrected chi connectivity index (χ0v) is 14.1. The van der Waals surface area contributed by atoms with Crippen LogP contribution in [0.2, 0.25) is 0 Å². The lowest BCUT2D eigenvalue weighted by Gasteiger charge is -2.26. The molecule has 1 N–H and O–H groups in total. The maximum absolute atomic E-state index is 12.3. The number of hydrogen-bond acceptors (Lipinski definition) is 5. The van der Waals surface area contributed by atoms with Crippen LogP contribution in [-0.4, -0.2) is 38.6 Å². The van der Waals surface area contributed by atoms with Crippen molar-refractivity contribution in [2.45, 2.75) is 25.8 Å². The van der Waals surface area contributed by atoms with E-state index < -0.39 is 10.8 Å². The minimum Gasteiger partial charge on any atom is -0.320 e. The summed E-state index contributed by atoms with van der Waals surface area (Å²) in [6, 6.07) is 7.59. The number of nitrogens with zero attached hydrogens (tertiary/aromatic N) is 4. The predicted octanol–water partition coefficient (Wildman–Crippen LogP) is 2.57. The summed E-state index contributed by atoms with van der Waals surface area (Å²) in [5.41, 5.74) is 1.42. The van der Waals surface area contributed by atoms with Gasteiger partial charge in [-0.1, -0.05) is 18.6 Å². The zero-order chi connectivity index (χ0) is 17.8. The summed E-state index contributed by atoms with van der Waals surface area (Å²) in [4.78, 5) is 25.2. The average Bonchev–Trinajstić information content (AvgIpc) is 2.99. The van der Waals surface area contributed by atoms with Gasteiger partial charge in [0.15, 0.2) is 0 Å². The predicted molar refractivity (Wildman–Crippen MR) is 93.4 cm³/mol. The minimum atomic E-state index is -0.608. The van der Waals surface area contributed by atoms with Crippen LogP contribution in [0.3, 0.4) is 0 Å². The Labute approximate surface area is 145 Å². The van der Waals surface area contributed by atoms with Crippen LogP contribution >= 0.6 is 0 Å². The molecule has 8 heteroatoms. The number of hydrogen-bond donors (Lipinski definition) is 1. The molecule has 0 atom stereocenters. The Kier molecular flexibility index (Phi) is 5.08. The lowest BCUT2D eigenvalue weighted by atomic mass is 10.1. The van der Waals surface area contributed by atoms with Gasteiger partial charge >= 0.3 is 5.69 Å². The highest BCUT2D eigenvalue weighted by Crippen LogP contribution is 2.20. The topological polar surface area (TPSA) is 93.3 Å². The molecular weight excluding hydrogens is 322 g/mol. The first-order valence-electron chi connectivity index (χ1n) is 8.33. The molecule has 1 aliphatic rings. The van der Waals surface area contributed by atoms with Crippen LogP contribution in [-0.2, 0) is 13.6 Å². The first kappa shape index (κ1) is 17.1. The van der Waals surface area contributed by atoms with Crippen LogP contribution < -0.4 is 5.32 Å². The molecular formula is C17H21N5O3. The monoisotopic (exact) mass is 343 g/mol. The van der Waals surface area contributed by atoms with Crippen molar-refractivity contribution in [1.29, 1.82) is 0 Å². The summed E-state index contributed by atoms with van der Waals surface area (Å²) in [6.45, 7) is 3.16. The molecule has 0 aliphatic carbocycles. The number of benzene rings is 1. The third kappa shape index (κ3) is 4.03. The van der Waals surface area contributed by atoms with Gasteiger partial charge in [-0.25, -0.2) is 0 Å². The molecule has 0 radical (unpaired) electrons. The Morgan fingerprint density at radius 2 is 1.92 bits per heavy atom. The molecule has 132 valence electrons. The Morgan fingerprint density at radius 3 is 2.56 bits per heavy atom. The Morgan fingerprint density at radius 1 is 1.24 bits per heavy atom. The van der Waals surface area contributed by atoms with Gasteiger partial charge in [0.05, 0.1) is 4.92 Å². The lowest BCUT2D eigenvalue weighted by Crippen LogP contribution is -2.29. The number of carbonyl (C=O) groups is 1. The van der Waals surface area contributed by atoms with E-state index >= 15 is 0 Å². The van der Waals surface area contributed by atoms with Gasteiger partial charge in [-0.3, -0.25) is 24.5 Å². The summed E-state index contributed by atoms with van der Waals surface area (Å²) in [7, 11) is 1.50. The number of amides is 1. The van der Waals surface area contributed by atoms with Gasteiger partial charge in [0, 0.05) is 19.3 Å². The number of carbonyl (C=O) groups excluding carboxylic acids is 1. The van der Waals surface area contributed by atoms with Crippen molar-refractivity contribution in [2.75, 3.05) is 18.4 Å². The van der Waals surface area contributed by atoms with Crippen LogP contribution in [0.5, 0.6) is 0 Å². The van der Waals surface area contributed by atoms with E-state index in [1.807, 2.05) is 24.3 Å². The van der Waals surface area contributed by atoms with Gasteiger partial charge in [0.2, 0.25) is 5.69 Å². The number of anilines is 1. The highest BCUT2D eigenvalue weighted by molar-refractivity contribution is 6.05. The van der Waals surface area contributed by atoms with Gasteiger partial charge in [-0.15, -0.1) is 0 Å². The molecule has 0 spiro atoms. The van der Waals surface area contributed by atoms with Crippen molar-refractivity contribution < 1.29 is 9.72 Å². The molecule has 0 unspecified atom stereocenters. The smallest absolute Gasteiger partial charge is 0.320 e. The summed E-state index contributed by atoms with van der Waals surface area (Å²) in [5, 5.41) is 17.5. The maximum atomic E-state index is 12.3. The SMILES string of the molecule is Cn1ncc([N+](=O)[O-])c1C(=O)Nc1ccc(CN2CCCCC2)cc1. The normalized spacial score (nSPS) is 15.1. The van der Waals surface area contributed by atoms with Gasteiger partial charge in [0.25, 0.3) is 5.91 Å².